The molecule has 0 atom stereocenters. The minimum absolute atomic E-state index is 0.222. The second-order valence-electron chi connectivity index (χ2n) is 7.37. The standard InChI is InChI=1S/C21H26FN3O3S/c1-15-12-16(2)21(17(3)13-15)29(27,28)23-14-20(26)25-10-8-24(9-11-25)19-7-5-4-6-18(19)22/h4-7,12-13,23H,8-11,14H2,1-3H3. The number of anilines is 1. The van der Waals surface area contributed by atoms with Gasteiger partial charge >= 0.3 is 0 Å². The molecule has 1 saturated heterocycles. The number of rotatable bonds is 5. The third-order valence-corrected chi connectivity index (χ3v) is 6.82. The van der Waals surface area contributed by atoms with Crippen molar-refractivity contribution in [3.8, 4) is 0 Å². The lowest BCUT2D eigenvalue weighted by Gasteiger charge is -2.36. The molecule has 1 fully saturated rings. The minimum atomic E-state index is -3.79. The first-order valence-electron chi connectivity index (χ1n) is 9.54. The number of benzene rings is 2. The molecule has 156 valence electrons. The zero-order valence-corrected chi connectivity index (χ0v) is 17.7. The molecule has 29 heavy (non-hydrogen) atoms. The van der Waals surface area contributed by atoms with E-state index in [4.69, 9.17) is 0 Å². The highest BCUT2D eigenvalue weighted by atomic mass is 32.2. The van der Waals surface area contributed by atoms with Crippen LogP contribution in [0, 0.1) is 26.6 Å². The summed E-state index contributed by atoms with van der Waals surface area (Å²) in [7, 11) is -3.79. The first-order valence-corrected chi connectivity index (χ1v) is 11.0. The molecular formula is C21H26FN3O3S. The Morgan fingerprint density at radius 2 is 1.62 bits per heavy atom. The van der Waals surface area contributed by atoms with E-state index in [1.165, 1.54) is 6.07 Å². The number of hydrogen-bond acceptors (Lipinski definition) is 4. The Balaban J connectivity index is 1.60. The highest BCUT2D eigenvalue weighted by molar-refractivity contribution is 7.89. The molecule has 1 amide bonds. The van der Waals surface area contributed by atoms with E-state index in [1.807, 2.05) is 24.0 Å². The van der Waals surface area contributed by atoms with Gasteiger partial charge in [-0.15, -0.1) is 0 Å². The van der Waals surface area contributed by atoms with Crippen molar-refractivity contribution in [2.75, 3.05) is 37.6 Å². The van der Waals surface area contributed by atoms with E-state index in [2.05, 4.69) is 4.72 Å². The van der Waals surface area contributed by atoms with Crippen molar-refractivity contribution in [1.82, 2.24) is 9.62 Å². The second kappa shape index (κ2) is 8.51. The minimum Gasteiger partial charge on any atom is -0.366 e. The van der Waals surface area contributed by atoms with Crippen molar-refractivity contribution in [2.45, 2.75) is 25.7 Å². The number of aryl methyl sites for hydroxylation is 3. The first-order chi connectivity index (χ1) is 13.7. The van der Waals surface area contributed by atoms with Crippen LogP contribution in [0.1, 0.15) is 16.7 Å². The predicted molar refractivity (Wildman–Crippen MR) is 111 cm³/mol. The van der Waals surface area contributed by atoms with Gasteiger partial charge in [0, 0.05) is 26.2 Å². The van der Waals surface area contributed by atoms with Gasteiger partial charge in [-0.1, -0.05) is 29.8 Å². The van der Waals surface area contributed by atoms with Gasteiger partial charge in [-0.3, -0.25) is 4.79 Å². The van der Waals surface area contributed by atoms with Crippen LogP contribution < -0.4 is 9.62 Å². The van der Waals surface area contributed by atoms with Crippen LogP contribution in [-0.2, 0) is 14.8 Å². The zero-order valence-electron chi connectivity index (χ0n) is 16.9. The van der Waals surface area contributed by atoms with Crippen LogP contribution >= 0.6 is 0 Å². The van der Waals surface area contributed by atoms with Gasteiger partial charge in [0.05, 0.1) is 17.1 Å². The molecule has 2 aromatic rings. The Kier molecular flexibility index (Phi) is 6.24. The fourth-order valence-corrected chi connectivity index (χ4v) is 5.26. The molecule has 8 heteroatoms. The summed E-state index contributed by atoms with van der Waals surface area (Å²) in [5.74, 6) is -0.576. The number of sulfonamides is 1. The molecule has 1 heterocycles. The lowest BCUT2D eigenvalue weighted by Crippen LogP contribution is -2.51. The largest absolute Gasteiger partial charge is 0.366 e. The molecular weight excluding hydrogens is 393 g/mol. The molecule has 3 rings (SSSR count). The molecule has 0 aliphatic carbocycles. The highest BCUT2D eigenvalue weighted by Crippen LogP contribution is 2.22. The second-order valence-corrected chi connectivity index (χ2v) is 9.08. The number of hydrogen-bond donors (Lipinski definition) is 1. The van der Waals surface area contributed by atoms with Crippen LogP contribution in [0.3, 0.4) is 0 Å². The van der Waals surface area contributed by atoms with Crippen LogP contribution in [-0.4, -0.2) is 51.9 Å². The summed E-state index contributed by atoms with van der Waals surface area (Å²) in [6.45, 7) is 6.93. The normalized spacial score (nSPS) is 14.9. The molecule has 1 aliphatic rings. The first kappa shape index (κ1) is 21.3. The average Bonchev–Trinajstić information content (AvgIpc) is 2.66. The molecule has 0 spiro atoms. The molecule has 6 nitrogen and oxygen atoms in total. The molecule has 2 aromatic carbocycles. The van der Waals surface area contributed by atoms with E-state index in [9.17, 15) is 17.6 Å². The summed E-state index contributed by atoms with van der Waals surface area (Å²) >= 11 is 0. The van der Waals surface area contributed by atoms with E-state index in [1.54, 1.807) is 36.9 Å². The van der Waals surface area contributed by atoms with Gasteiger partial charge in [-0.05, 0) is 44.0 Å². The van der Waals surface area contributed by atoms with Crippen molar-refractivity contribution >= 4 is 21.6 Å². The van der Waals surface area contributed by atoms with Crippen molar-refractivity contribution in [1.29, 1.82) is 0 Å². The Morgan fingerprint density at radius 1 is 1.03 bits per heavy atom. The molecule has 1 aliphatic heterocycles. The quantitative estimate of drug-likeness (QED) is 0.808. The SMILES string of the molecule is Cc1cc(C)c(S(=O)(=O)NCC(=O)N2CCN(c3ccccc3F)CC2)c(C)c1. The lowest BCUT2D eigenvalue weighted by atomic mass is 10.1. The van der Waals surface area contributed by atoms with E-state index < -0.39 is 10.0 Å². The van der Waals surface area contributed by atoms with Crippen LogP contribution in [0.4, 0.5) is 10.1 Å². The summed E-state index contributed by atoms with van der Waals surface area (Å²) < 4.78 is 41.8. The van der Waals surface area contributed by atoms with E-state index in [-0.39, 0.29) is 23.2 Å². The Bertz CT molecular complexity index is 993. The highest BCUT2D eigenvalue weighted by Gasteiger charge is 2.25. The molecule has 0 unspecified atom stereocenters. The van der Waals surface area contributed by atoms with Crippen LogP contribution in [0.2, 0.25) is 0 Å². The van der Waals surface area contributed by atoms with Gasteiger partial charge in [0.1, 0.15) is 5.82 Å². The van der Waals surface area contributed by atoms with Crippen molar-refractivity contribution in [2.24, 2.45) is 0 Å². The lowest BCUT2D eigenvalue weighted by molar-refractivity contribution is -0.130. The van der Waals surface area contributed by atoms with Gasteiger partial charge < -0.3 is 9.80 Å². The van der Waals surface area contributed by atoms with E-state index in [0.717, 1.165) is 5.56 Å². The third kappa shape index (κ3) is 4.76. The van der Waals surface area contributed by atoms with Gasteiger partial charge in [0.15, 0.2) is 0 Å². The Morgan fingerprint density at radius 3 is 2.21 bits per heavy atom. The fraction of sp³-hybridized carbons (Fsp3) is 0.381. The van der Waals surface area contributed by atoms with Gasteiger partial charge in [-0.25, -0.2) is 17.5 Å². The molecule has 0 aromatic heterocycles. The number of para-hydroxylation sites is 1. The van der Waals surface area contributed by atoms with E-state index in [0.29, 0.717) is 43.0 Å². The number of amides is 1. The summed E-state index contributed by atoms with van der Waals surface area (Å²) in [6.07, 6.45) is 0. The summed E-state index contributed by atoms with van der Waals surface area (Å²) in [4.78, 5) is 16.2. The number of nitrogens with one attached hydrogen (secondary N) is 1. The van der Waals surface area contributed by atoms with Gasteiger partial charge in [-0.2, -0.15) is 0 Å². The van der Waals surface area contributed by atoms with Gasteiger partial charge in [0.2, 0.25) is 15.9 Å². The molecule has 1 N–H and O–H groups in total. The number of piperazine rings is 1. The van der Waals surface area contributed by atoms with Crippen molar-refractivity contribution in [3.05, 3.63) is 58.9 Å². The molecule has 0 saturated carbocycles. The molecule has 0 radical (unpaired) electrons. The van der Waals surface area contributed by atoms with Crippen LogP contribution in [0.25, 0.3) is 0 Å². The maximum Gasteiger partial charge on any atom is 0.241 e. The number of carbonyl (C=O) groups excluding carboxylic acids is 1. The van der Waals surface area contributed by atoms with Crippen LogP contribution in [0.15, 0.2) is 41.3 Å². The predicted octanol–water partition coefficient (Wildman–Crippen LogP) is 2.38. The van der Waals surface area contributed by atoms with Crippen molar-refractivity contribution in [3.63, 3.8) is 0 Å². The summed E-state index contributed by atoms with van der Waals surface area (Å²) in [5.41, 5.74) is 2.82. The molecule has 0 bridgehead atoms. The Labute approximate surface area is 171 Å². The summed E-state index contributed by atoms with van der Waals surface area (Å²) in [5, 5.41) is 0. The number of nitrogens with zero attached hydrogens (tertiary/aromatic N) is 2. The van der Waals surface area contributed by atoms with Gasteiger partial charge in [0.25, 0.3) is 0 Å². The van der Waals surface area contributed by atoms with Crippen molar-refractivity contribution < 1.29 is 17.6 Å². The fourth-order valence-electron chi connectivity index (χ4n) is 3.84. The number of halogens is 1. The number of carbonyl (C=O) groups is 1. The summed E-state index contributed by atoms with van der Waals surface area (Å²) in [6, 6.07) is 10.2. The average molecular weight is 420 g/mol. The smallest absolute Gasteiger partial charge is 0.241 e. The van der Waals surface area contributed by atoms with Crippen LogP contribution in [0.5, 0.6) is 0 Å². The zero-order chi connectivity index (χ0) is 21.2. The maximum atomic E-state index is 13.9. The third-order valence-electron chi connectivity index (χ3n) is 5.11. The monoisotopic (exact) mass is 419 g/mol. The maximum absolute atomic E-state index is 13.9. The topological polar surface area (TPSA) is 69.7 Å². The Hall–Kier alpha value is -2.45. The van der Waals surface area contributed by atoms with E-state index >= 15 is 0 Å².